The van der Waals surface area contributed by atoms with E-state index in [1.165, 1.54) is 13.1 Å². The van der Waals surface area contributed by atoms with E-state index in [4.69, 9.17) is 4.42 Å². The minimum atomic E-state index is -3.44. The lowest BCUT2D eigenvalue weighted by Gasteiger charge is -2.05. The molecule has 0 amide bonds. The fraction of sp³-hybridized carbons (Fsp3) is 0.188. The molecule has 0 aliphatic carbocycles. The highest BCUT2D eigenvalue weighted by atomic mass is 32.2. The fourth-order valence-corrected chi connectivity index (χ4v) is 2.37. The van der Waals surface area contributed by atoms with Crippen molar-refractivity contribution in [3.05, 3.63) is 60.3 Å². The number of anilines is 1. The van der Waals surface area contributed by atoms with Crippen LogP contribution in [0.25, 0.3) is 11.5 Å². The van der Waals surface area contributed by atoms with Crippen molar-refractivity contribution in [2.45, 2.75) is 13.3 Å². The lowest BCUT2D eigenvalue weighted by atomic mass is 10.3. The Morgan fingerprint density at radius 3 is 2.43 bits per heavy atom. The molecule has 0 spiro atoms. The summed E-state index contributed by atoms with van der Waals surface area (Å²) in [6, 6.07) is 6.12. The topological polar surface area (TPSA) is 98.0 Å². The van der Waals surface area contributed by atoms with Gasteiger partial charge in [-0.05, 0) is 31.2 Å². The molecule has 0 radical (unpaired) electrons. The van der Waals surface area contributed by atoms with Gasteiger partial charge in [-0.3, -0.25) is 9.71 Å². The van der Waals surface area contributed by atoms with Crippen LogP contribution in [0.4, 0.5) is 23.2 Å². The zero-order valence-electron chi connectivity index (χ0n) is 14.3. The number of benzene rings is 1. The minimum absolute atomic E-state index is 0.0192. The van der Waals surface area contributed by atoms with E-state index >= 15 is 0 Å². The maximum Gasteiger partial charge on any atom is 0.314 e. The standard InChI is InChI=1S/C8H5F2N3O.C8H9F2NO2S/c9-6(10)8-13-12-7(14-8)5-2-1-3-11-4-5;1-2-14(12,13)11-6-3-4-7(9)8(10)5-6/h1-4,6H;3-5,11H,2H2,1H3. The van der Waals surface area contributed by atoms with Gasteiger partial charge in [0.2, 0.25) is 15.9 Å². The summed E-state index contributed by atoms with van der Waals surface area (Å²) in [6.07, 6.45) is 0.282. The third-order valence-corrected chi connectivity index (χ3v) is 4.42. The molecule has 0 aliphatic rings. The molecule has 0 saturated carbocycles. The molecule has 1 aromatic carbocycles. The number of alkyl halides is 2. The van der Waals surface area contributed by atoms with Crippen molar-refractivity contribution in [3.63, 3.8) is 0 Å². The van der Waals surface area contributed by atoms with E-state index in [9.17, 15) is 26.0 Å². The fourth-order valence-electron chi connectivity index (χ4n) is 1.74. The number of hydrogen-bond acceptors (Lipinski definition) is 6. The van der Waals surface area contributed by atoms with E-state index in [-0.39, 0.29) is 17.3 Å². The predicted octanol–water partition coefficient (Wildman–Crippen LogP) is 3.80. The van der Waals surface area contributed by atoms with Crippen molar-refractivity contribution < 1.29 is 30.4 Å². The molecule has 28 heavy (non-hydrogen) atoms. The Hall–Kier alpha value is -3.02. The van der Waals surface area contributed by atoms with Gasteiger partial charge in [-0.2, -0.15) is 8.78 Å². The molecule has 12 heteroatoms. The summed E-state index contributed by atoms with van der Waals surface area (Å²) < 4.78 is 78.2. The van der Waals surface area contributed by atoms with Crippen LogP contribution in [0.2, 0.25) is 0 Å². The Morgan fingerprint density at radius 2 is 1.89 bits per heavy atom. The first-order valence-corrected chi connectivity index (χ1v) is 9.34. The average molecular weight is 418 g/mol. The van der Waals surface area contributed by atoms with E-state index in [0.29, 0.717) is 5.56 Å². The number of sulfonamides is 1. The lowest BCUT2D eigenvalue weighted by Crippen LogP contribution is -2.14. The average Bonchev–Trinajstić information content (AvgIpc) is 3.16. The van der Waals surface area contributed by atoms with Crippen LogP contribution in [-0.4, -0.2) is 29.4 Å². The van der Waals surface area contributed by atoms with Crippen LogP contribution in [0.1, 0.15) is 19.2 Å². The smallest absolute Gasteiger partial charge is 0.314 e. The molecule has 1 N–H and O–H groups in total. The normalized spacial score (nSPS) is 11.1. The molecule has 0 fully saturated rings. The first-order chi connectivity index (χ1) is 13.2. The highest BCUT2D eigenvalue weighted by Gasteiger charge is 2.16. The van der Waals surface area contributed by atoms with E-state index < -0.39 is 34.0 Å². The molecular formula is C16H14F4N4O3S. The highest BCUT2D eigenvalue weighted by molar-refractivity contribution is 7.92. The summed E-state index contributed by atoms with van der Waals surface area (Å²) in [5.41, 5.74) is 0.539. The Morgan fingerprint density at radius 1 is 1.14 bits per heavy atom. The van der Waals surface area contributed by atoms with Gasteiger partial charge in [0.1, 0.15) is 0 Å². The Bertz CT molecular complexity index is 1010. The van der Waals surface area contributed by atoms with Crippen LogP contribution >= 0.6 is 0 Å². The van der Waals surface area contributed by atoms with Crippen LogP contribution in [0, 0.1) is 11.6 Å². The summed E-state index contributed by atoms with van der Waals surface area (Å²) in [5.74, 6) is -2.84. The molecule has 3 rings (SSSR count). The number of nitrogens with zero attached hydrogens (tertiary/aromatic N) is 3. The van der Waals surface area contributed by atoms with Gasteiger partial charge in [-0.15, -0.1) is 10.2 Å². The number of aromatic nitrogens is 3. The second-order valence-corrected chi connectivity index (χ2v) is 7.13. The second kappa shape index (κ2) is 9.26. The van der Waals surface area contributed by atoms with E-state index in [1.54, 1.807) is 18.3 Å². The van der Waals surface area contributed by atoms with E-state index in [0.717, 1.165) is 18.2 Å². The molecule has 3 aromatic rings. The van der Waals surface area contributed by atoms with Gasteiger partial charge < -0.3 is 4.42 Å². The Labute approximate surface area is 157 Å². The number of hydrogen-bond donors (Lipinski definition) is 1. The van der Waals surface area contributed by atoms with Gasteiger partial charge >= 0.3 is 6.43 Å². The molecule has 7 nitrogen and oxygen atoms in total. The molecule has 0 saturated heterocycles. The summed E-state index contributed by atoms with van der Waals surface area (Å²) >= 11 is 0. The highest BCUT2D eigenvalue weighted by Crippen LogP contribution is 2.22. The molecule has 2 heterocycles. The number of halogens is 4. The van der Waals surface area contributed by atoms with Crippen LogP contribution in [0.5, 0.6) is 0 Å². The molecule has 0 atom stereocenters. The van der Waals surface area contributed by atoms with Crippen molar-refractivity contribution in [1.82, 2.24) is 15.2 Å². The largest absolute Gasteiger partial charge is 0.415 e. The lowest BCUT2D eigenvalue weighted by molar-refractivity contribution is 0.116. The first kappa shape index (κ1) is 21.3. The van der Waals surface area contributed by atoms with Gasteiger partial charge in [0.05, 0.1) is 17.0 Å². The molecule has 150 valence electrons. The third-order valence-electron chi connectivity index (χ3n) is 3.11. The van der Waals surface area contributed by atoms with Crippen LogP contribution in [0.15, 0.2) is 47.1 Å². The Kier molecular flexibility index (Phi) is 7.04. The maximum atomic E-state index is 12.6. The van der Waals surface area contributed by atoms with Crippen molar-refractivity contribution in [2.24, 2.45) is 0 Å². The van der Waals surface area contributed by atoms with Gasteiger partial charge in [0.15, 0.2) is 11.6 Å². The molecule has 2 aromatic heterocycles. The van der Waals surface area contributed by atoms with Crippen LogP contribution in [-0.2, 0) is 10.0 Å². The zero-order valence-corrected chi connectivity index (χ0v) is 15.1. The van der Waals surface area contributed by atoms with Crippen LogP contribution in [0.3, 0.4) is 0 Å². The number of nitrogens with one attached hydrogen (secondary N) is 1. The Balaban J connectivity index is 0.000000200. The summed E-state index contributed by atoms with van der Waals surface area (Å²) in [6.45, 7) is 1.45. The third kappa shape index (κ3) is 6.01. The van der Waals surface area contributed by atoms with Crippen molar-refractivity contribution in [3.8, 4) is 11.5 Å². The predicted molar refractivity (Wildman–Crippen MR) is 91.9 cm³/mol. The van der Waals surface area contributed by atoms with Crippen molar-refractivity contribution in [2.75, 3.05) is 10.5 Å². The zero-order chi connectivity index (χ0) is 20.7. The minimum Gasteiger partial charge on any atom is -0.415 e. The summed E-state index contributed by atoms with van der Waals surface area (Å²) in [4.78, 5) is 3.80. The molecule has 0 bridgehead atoms. The van der Waals surface area contributed by atoms with E-state index in [2.05, 4.69) is 19.9 Å². The molecule has 0 unspecified atom stereocenters. The quantitative estimate of drug-likeness (QED) is 0.633. The van der Waals surface area contributed by atoms with Gasteiger partial charge in [0, 0.05) is 18.5 Å². The molecule has 0 aliphatic heterocycles. The van der Waals surface area contributed by atoms with Crippen LogP contribution < -0.4 is 4.72 Å². The number of pyridine rings is 1. The molecular weight excluding hydrogens is 404 g/mol. The van der Waals surface area contributed by atoms with Crippen molar-refractivity contribution >= 4 is 15.7 Å². The SMILES string of the molecule is CCS(=O)(=O)Nc1ccc(F)c(F)c1.FC(F)c1nnc(-c2cccnc2)o1. The van der Waals surface area contributed by atoms with E-state index in [1.807, 2.05) is 0 Å². The summed E-state index contributed by atoms with van der Waals surface area (Å²) in [7, 11) is -3.44. The first-order valence-electron chi connectivity index (χ1n) is 7.69. The maximum absolute atomic E-state index is 12.6. The monoisotopic (exact) mass is 418 g/mol. The van der Waals surface area contributed by atoms with Crippen molar-refractivity contribution in [1.29, 1.82) is 0 Å². The van der Waals surface area contributed by atoms with Gasteiger partial charge in [-0.1, -0.05) is 0 Å². The second-order valence-electron chi connectivity index (χ2n) is 5.12. The van der Waals surface area contributed by atoms with Gasteiger partial charge in [0.25, 0.3) is 5.89 Å². The number of rotatable bonds is 5. The summed E-state index contributed by atoms with van der Waals surface area (Å²) in [5, 5.41) is 6.67. The van der Waals surface area contributed by atoms with Gasteiger partial charge in [-0.25, -0.2) is 17.2 Å².